The van der Waals surface area contributed by atoms with Crippen molar-refractivity contribution in [1.82, 2.24) is 10.2 Å². The molecule has 4 aliphatic carbocycles. The number of alkyl halides is 1. The summed E-state index contributed by atoms with van der Waals surface area (Å²) in [6, 6.07) is 0. The molecule has 4 fully saturated rings. The number of fused-ring (bicyclic) bond motifs is 5. The molecule has 0 unspecified atom stereocenters. The lowest BCUT2D eigenvalue weighted by Crippen LogP contribution is -2.54. The molecule has 0 aromatic rings. The van der Waals surface area contributed by atoms with Gasteiger partial charge in [-0.25, -0.2) is 9.18 Å². The zero-order chi connectivity index (χ0) is 25.2. The molecule has 0 aromatic carbocycles. The minimum absolute atomic E-state index is 0.0296. The molecule has 2 N–H and O–H groups in total. The highest BCUT2D eigenvalue weighted by molar-refractivity contribution is 5.85. The largest absolute Gasteiger partial charge is 0.436 e. The number of aliphatic hydroxyl groups excluding tert-OH is 1. The van der Waals surface area contributed by atoms with Crippen molar-refractivity contribution in [2.45, 2.75) is 91.6 Å². The van der Waals surface area contributed by atoms with Crippen molar-refractivity contribution in [1.29, 1.82) is 0 Å². The number of nitrogens with one attached hydrogen (secondary N) is 1. The Morgan fingerprint density at radius 2 is 1.83 bits per heavy atom. The fraction of sp³-hybridized carbons (Fsp3) is 0.929. The van der Waals surface area contributed by atoms with E-state index in [4.69, 9.17) is 4.84 Å². The maximum Gasteiger partial charge on any atom is 0.436 e. The van der Waals surface area contributed by atoms with Crippen LogP contribution in [0.5, 0.6) is 0 Å². The number of amides is 1. The molecule has 200 valence electrons. The third-order valence-electron chi connectivity index (χ3n) is 10.8. The molecule has 4 saturated carbocycles. The lowest BCUT2D eigenvalue weighted by Gasteiger charge is -2.61. The van der Waals surface area contributed by atoms with Crippen LogP contribution in [0.2, 0.25) is 0 Å². The molecular formula is C28H48FN3O3. The second-order valence-corrected chi connectivity index (χ2v) is 12.4. The maximum atomic E-state index is 13.0. The third-order valence-corrected chi connectivity index (χ3v) is 10.8. The Kier molecular flexibility index (Phi) is 8.47. The summed E-state index contributed by atoms with van der Waals surface area (Å²) in [4.78, 5) is 19.3. The van der Waals surface area contributed by atoms with Crippen LogP contribution in [0.1, 0.15) is 85.5 Å². The zero-order valence-electron chi connectivity index (χ0n) is 22.4. The number of halogens is 1. The second-order valence-electron chi connectivity index (χ2n) is 12.4. The fourth-order valence-electron chi connectivity index (χ4n) is 8.94. The summed E-state index contributed by atoms with van der Waals surface area (Å²) in [5.74, 6) is 3.23. The van der Waals surface area contributed by atoms with Gasteiger partial charge in [0.1, 0.15) is 6.67 Å². The summed E-state index contributed by atoms with van der Waals surface area (Å²) >= 11 is 0. The molecule has 0 radical (unpaired) electrons. The Balaban J connectivity index is 1.41. The normalized spacial score (nSPS) is 41.0. The predicted molar refractivity (Wildman–Crippen MR) is 137 cm³/mol. The number of hydrogen-bond donors (Lipinski definition) is 2. The first kappa shape index (κ1) is 26.8. The fourth-order valence-corrected chi connectivity index (χ4v) is 8.94. The van der Waals surface area contributed by atoms with Crippen LogP contribution in [-0.2, 0) is 4.84 Å². The molecule has 7 heteroatoms. The van der Waals surface area contributed by atoms with E-state index in [2.05, 4.69) is 24.3 Å². The van der Waals surface area contributed by atoms with Gasteiger partial charge < -0.3 is 15.3 Å². The first-order valence-corrected chi connectivity index (χ1v) is 14.2. The van der Waals surface area contributed by atoms with Crippen LogP contribution in [0.4, 0.5) is 9.18 Å². The Labute approximate surface area is 211 Å². The van der Waals surface area contributed by atoms with Gasteiger partial charge in [0.2, 0.25) is 0 Å². The van der Waals surface area contributed by atoms with E-state index >= 15 is 0 Å². The second kappa shape index (κ2) is 11.0. The highest BCUT2D eigenvalue weighted by Gasteiger charge is 2.60. The zero-order valence-corrected chi connectivity index (χ0v) is 22.4. The summed E-state index contributed by atoms with van der Waals surface area (Å²) in [5.41, 5.74) is 1.49. The SMILES string of the molecule is CCNCCN(CCF)C(=O)O/N=C(\C)[C@H]1CC[C@H]2[C@@H]3CC[C@H]4C[C@@H](O)CC[C@]4(C)[C@H]3CC[C@]12C. The Morgan fingerprint density at radius 3 is 2.57 bits per heavy atom. The standard InChI is InChI=1S/C28H48FN3O3/c1-5-30-15-17-32(16-14-29)26(34)35-31-19(2)23-8-9-24-22-7-6-20-18-21(33)10-12-27(20,3)25(22)11-13-28(23,24)4/h20-25,30,33H,5-18H2,1-4H3/b31-19+/t20-,21-,22-,23+,24-,25-,27-,28+/m0/s1. The molecule has 4 aliphatic rings. The smallest absolute Gasteiger partial charge is 0.393 e. The molecule has 0 bridgehead atoms. The molecule has 0 aliphatic heterocycles. The number of oxime groups is 1. The van der Waals surface area contributed by atoms with Crippen LogP contribution in [0, 0.1) is 40.4 Å². The Hall–Kier alpha value is -1.21. The van der Waals surface area contributed by atoms with Gasteiger partial charge in [0.05, 0.1) is 18.4 Å². The summed E-state index contributed by atoms with van der Waals surface area (Å²) in [6.45, 7) is 10.3. The van der Waals surface area contributed by atoms with E-state index < -0.39 is 12.8 Å². The van der Waals surface area contributed by atoms with Gasteiger partial charge in [-0.3, -0.25) is 4.84 Å². The van der Waals surface area contributed by atoms with E-state index in [9.17, 15) is 14.3 Å². The lowest BCUT2D eigenvalue weighted by atomic mass is 9.44. The summed E-state index contributed by atoms with van der Waals surface area (Å²) in [6.07, 6.45) is 9.81. The van der Waals surface area contributed by atoms with Crippen LogP contribution >= 0.6 is 0 Å². The van der Waals surface area contributed by atoms with Gasteiger partial charge in [-0.1, -0.05) is 25.9 Å². The first-order chi connectivity index (χ1) is 16.7. The summed E-state index contributed by atoms with van der Waals surface area (Å²) in [7, 11) is 0. The van der Waals surface area contributed by atoms with Gasteiger partial charge >= 0.3 is 6.09 Å². The van der Waals surface area contributed by atoms with E-state index in [-0.39, 0.29) is 18.1 Å². The van der Waals surface area contributed by atoms with Gasteiger partial charge in [-0.2, -0.15) is 0 Å². The molecule has 0 spiro atoms. The minimum atomic E-state index is -0.590. The van der Waals surface area contributed by atoms with Gasteiger partial charge in [0, 0.05) is 19.0 Å². The van der Waals surface area contributed by atoms with E-state index in [0.29, 0.717) is 36.3 Å². The maximum absolute atomic E-state index is 13.0. The summed E-state index contributed by atoms with van der Waals surface area (Å²) in [5, 5.41) is 17.8. The molecule has 35 heavy (non-hydrogen) atoms. The minimum Gasteiger partial charge on any atom is -0.393 e. The molecular weight excluding hydrogens is 445 g/mol. The number of carbonyl (C=O) groups excluding carboxylic acids is 1. The van der Waals surface area contributed by atoms with Crippen molar-refractivity contribution in [3.05, 3.63) is 0 Å². The molecule has 8 atom stereocenters. The molecule has 6 nitrogen and oxygen atoms in total. The monoisotopic (exact) mass is 493 g/mol. The average Bonchev–Trinajstić information content (AvgIpc) is 3.19. The topological polar surface area (TPSA) is 74.2 Å². The number of nitrogens with zero attached hydrogens (tertiary/aromatic N) is 2. The van der Waals surface area contributed by atoms with Crippen LogP contribution < -0.4 is 5.32 Å². The first-order valence-electron chi connectivity index (χ1n) is 14.2. The number of likely N-dealkylation sites (N-methyl/N-ethyl adjacent to an activating group) is 1. The lowest BCUT2D eigenvalue weighted by molar-refractivity contribution is -0.123. The van der Waals surface area contributed by atoms with E-state index in [1.807, 2.05) is 13.8 Å². The highest BCUT2D eigenvalue weighted by Crippen LogP contribution is 2.67. The van der Waals surface area contributed by atoms with Gasteiger partial charge in [0.25, 0.3) is 0 Å². The van der Waals surface area contributed by atoms with Crippen LogP contribution in [0.25, 0.3) is 0 Å². The number of hydrogen-bond acceptors (Lipinski definition) is 5. The van der Waals surface area contributed by atoms with Crippen LogP contribution in [0.3, 0.4) is 0 Å². The van der Waals surface area contributed by atoms with Crippen LogP contribution in [-0.4, -0.2) is 60.8 Å². The van der Waals surface area contributed by atoms with Crippen LogP contribution in [0.15, 0.2) is 5.16 Å². The van der Waals surface area contributed by atoms with E-state index in [1.54, 1.807) is 0 Å². The number of carbonyl (C=O) groups is 1. The quantitative estimate of drug-likeness (QED) is 0.205. The van der Waals surface area contributed by atoms with Gasteiger partial charge in [-0.15, -0.1) is 0 Å². The predicted octanol–water partition coefficient (Wildman–Crippen LogP) is 5.40. The Morgan fingerprint density at radius 1 is 1.09 bits per heavy atom. The molecule has 1 amide bonds. The van der Waals surface area contributed by atoms with E-state index in [0.717, 1.165) is 43.4 Å². The molecule has 0 aromatic heterocycles. The van der Waals surface area contributed by atoms with Crippen molar-refractivity contribution >= 4 is 11.8 Å². The van der Waals surface area contributed by atoms with Crippen molar-refractivity contribution < 1.29 is 19.1 Å². The average molecular weight is 494 g/mol. The highest BCUT2D eigenvalue weighted by atomic mass is 19.1. The third kappa shape index (κ3) is 5.14. The van der Waals surface area contributed by atoms with Crippen molar-refractivity contribution in [3.8, 4) is 0 Å². The number of rotatable bonds is 8. The van der Waals surface area contributed by atoms with Gasteiger partial charge in [-0.05, 0) is 106 Å². The van der Waals surface area contributed by atoms with E-state index in [1.165, 1.54) is 43.4 Å². The number of aliphatic hydroxyl groups is 1. The van der Waals surface area contributed by atoms with Crippen molar-refractivity contribution in [2.75, 3.05) is 32.9 Å². The van der Waals surface area contributed by atoms with Gasteiger partial charge in [0.15, 0.2) is 0 Å². The van der Waals surface area contributed by atoms with Crippen molar-refractivity contribution in [2.24, 2.45) is 45.6 Å². The molecule has 4 rings (SSSR count). The molecule has 0 saturated heterocycles. The Bertz CT molecular complexity index is 779. The molecule has 0 heterocycles. The van der Waals surface area contributed by atoms with Crippen molar-refractivity contribution in [3.63, 3.8) is 0 Å². The summed E-state index contributed by atoms with van der Waals surface area (Å²) < 4.78 is 13.0.